The zero-order chi connectivity index (χ0) is 17.2. The monoisotopic (exact) mass is 355 g/mol. The summed E-state index contributed by atoms with van der Waals surface area (Å²) >= 11 is 6.00. The van der Waals surface area contributed by atoms with Crippen molar-refractivity contribution in [2.75, 3.05) is 26.2 Å². The molecular weight excluding hydrogens is 334 g/mol. The molecule has 0 aliphatic carbocycles. The number of amides is 2. The van der Waals surface area contributed by atoms with E-state index in [4.69, 9.17) is 11.6 Å². The third-order valence-corrected chi connectivity index (χ3v) is 5.43. The number of carbonyl (C=O) groups is 1. The van der Waals surface area contributed by atoms with Gasteiger partial charge >= 0.3 is 6.03 Å². The molecule has 130 valence electrons. The van der Waals surface area contributed by atoms with E-state index in [1.54, 1.807) is 0 Å². The molecule has 5 heteroatoms. The van der Waals surface area contributed by atoms with Crippen molar-refractivity contribution in [3.8, 4) is 0 Å². The fourth-order valence-corrected chi connectivity index (χ4v) is 4.07. The fourth-order valence-electron chi connectivity index (χ4n) is 3.86. The highest BCUT2D eigenvalue weighted by atomic mass is 35.5. The molecule has 2 aliphatic heterocycles. The second-order valence-electron chi connectivity index (χ2n) is 6.74. The van der Waals surface area contributed by atoms with Gasteiger partial charge in [0.1, 0.15) is 0 Å². The molecule has 0 bridgehead atoms. The van der Waals surface area contributed by atoms with Crippen molar-refractivity contribution in [1.29, 1.82) is 0 Å². The lowest BCUT2D eigenvalue weighted by atomic mass is 9.91. The minimum atomic E-state index is 0.00248. The Morgan fingerprint density at radius 3 is 2.88 bits per heavy atom. The van der Waals surface area contributed by atoms with Gasteiger partial charge in [0.15, 0.2) is 0 Å². The molecule has 2 heterocycles. The molecule has 4 nitrogen and oxygen atoms in total. The number of piperazine rings is 1. The quantitative estimate of drug-likeness (QED) is 0.895. The zero-order valence-corrected chi connectivity index (χ0v) is 14.9. The van der Waals surface area contributed by atoms with E-state index < -0.39 is 0 Å². The van der Waals surface area contributed by atoms with Crippen LogP contribution in [0.5, 0.6) is 0 Å². The molecule has 1 unspecified atom stereocenters. The van der Waals surface area contributed by atoms with Crippen LogP contribution in [0.25, 0.3) is 0 Å². The van der Waals surface area contributed by atoms with Crippen LogP contribution in [0.4, 0.5) is 4.79 Å². The molecule has 2 aromatic rings. The van der Waals surface area contributed by atoms with E-state index in [1.807, 2.05) is 29.2 Å². The number of hydrogen-bond donors (Lipinski definition) is 1. The van der Waals surface area contributed by atoms with Crippen LogP contribution in [0.15, 0.2) is 48.5 Å². The average Bonchev–Trinajstić information content (AvgIpc) is 2.65. The van der Waals surface area contributed by atoms with Crippen LogP contribution in [0.3, 0.4) is 0 Å². The van der Waals surface area contributed by atoms with Crippen LogP contribution in [0.1, 0.15) is 22.7 Å². The highest BCUT2D eigenvalue weighted by molar-refractivity contribution is 6.30. The Hall–Kier alpha value is -2.04. The first kappa shape index (κ1) is 16.4. The van der Waals surface area contributed by atoms with Gasteiger partial charge in [0.2, 0.25) is 0 Å². The Balaban J connectivity index is 1.42. The van der Waals surface area contributed by atoms with Crippen molar-refractivity contribution in [2.24, 2.45) is 0 Å². The van der Waals surface area contributed by atoms with Gasteiger partial charge in [-0.05, 0) is 35.2 Å². The van der Waals surface area contributed by atoms with Crippen molar-refractivity contribution >= 4 is 17.6 Å². The largest absolute Gasteiger partial charge is 0.334 e. The van der Waals surface area contributed by atoms with Crippen molar-refractivity contribution in [2.45, 2.75) is 19.0 Å². The predicted molar refractivity (Wildman–Crippen MR) is 99.7 cm³/mol. The number of hydrogen-bond acceptors (Lipinski definition) is 2. The van der Waals surface area contributed by atoms with Gasteiger partial charge in [-0.15, -0.1) is 0 Å². The van der Waals surface area contributed by atoms with E-state index in [0.29, 0.717) is 17.6 Å². The Labute approximate surface area is 153 Å². The summed E-state index contributed by atoms with van der Waals surface area (Å²) in [7, 11) is 0. The minimum Gasteiger partial charge on any atom is -0.334 e. The molecule has 1 atom stereocenters. The second-order valence-corrected chi connectivity index (χ2v) is 7.17. The molecule has 2 aromatic carbocycles. The summed E-state index contributed by atoms with van der Waals surface area (Å²) in [5.74, 6) is 0. The van der Waals surface area contributed by atoms with Crippen LogP contribution in [-0.2, 0) is 13.0 Å². The second kappa shape index (κ2) is 7.06. The Bertz CT molecular complexity index is 779. The molecule has 4 rings (SSSR count). The van der Waals surface area contributed by atoms with Gasteiger partial charge in [0.05, 0.1) is 6.04 Å². The Morgan fingerprint density at radius 1 is 1.12 bits per heavy atom. The van der Waals surface area contributed by atoms with E-state index in [0.717, 1.165) is 38.2 Å². The highest BCUT2D eigenvalue weighted by Crippen LogP contribution is 2.32. The third-order valence-electron chi connectivity index (χ3n) is 5.19. The van der Waals surface area contributed by atoms with Gasteiger partial charge in [-0.1, -0.05) is 48.0 Å². The number of nitrogens with one attached hydrogen (secondary N) is 1. The number of fused-ring (bicyclic) bond motifs is 3. The number of benzene rings is 2. The van der Waals surface area contributed by atoms with Gasteiger partial charge in [0, 0.05) is 37.7 Å². The first-order valence-corrected chi connectivity index (χ1v) is 9.17. The molecule has 0 radical (unpaired) electrons. The SMILES string of the molecule is O=C(NCc1cccc(Cl)c1)N1CCN2CCc3ccccc3C2C1. The van der Waals surface area contributed by atoms with Crippen molar-refractivity contribution < 1.29 is 4.79 Å². The predicted octanol–water partition coefficient (Wildman–Crippen LogP) is 3.46. The maximum atomic E-state index is 12.6. The van der Waals surface area contributed by atoms with Crippen molar-refractivity contribution in [3.05, 3.63) is 70.2 Å². The summed E-state index contributed by atoms with van der Waals surface area (Å²) in [5.41, 5.74) is 3.81. The van der Waals surface area contributed by atoms with Crippen LogP contribution < -0.4 is 5.32 Å². The molecule has 2 amide bonds. The average molecular weight is 356 g/mol. The lowest BCUT2D eigenvalue weighted by Gasteiger charge is -2.44. The minimum absolute atomic E-state index is 0.00248. The Morgan fingerprint density at radius 2 is 2.00 bits per heavy atom. The van der Waals surface area contributed by atoms with Gasteiger partial charge in [-0.25, -0.2) is 4.79 Å². The number of halogens is 1. The van der Waals surface area contributed by atoms with Gasteiger partial charge in [-0.3, -0.25) is 4.90 Å². The summed E-state index contributed by atoms with van der Waals surface area (Å²) in [6.45, 7) is 4.04. The third kappa shape index (κ3) is 3.51. The molecule has 0 spiro atoms. The number of rotatable bonds is 2. The summed E-state index contributed by atoms with van der Waals surface area (Å²) < 4.78 is 0. The van der Waals surface area contributed by atoms with Gasteiger partial charge in [-0.2, -0.15) is 0 Å². The number of carbonyl (C=O) groups excluding carboxylic acids is 1. The molecule has 1 N–H and O–H groups in total. The number of nitrogens with zero attached hydrogens (tertiary/aromatic N) is 2. The zero-order valence-electron chi connectivity index (χ0n) is 14.1. The molecule has 2 aliphatic rings. The van der Waals surface area contributed by atoms with Crippen LogP contribution in [0.2, 0.25) is 5.02 Å². The highest BCUT2D eigenvalue weighted by Gasteiger charge is 2.33. The standard InChI is InChI=1S/C20H22ClN3O/c21-17-6-3-4-15(12-17)13-22-20(25)24-11-10-23-9-8-16-5-1-2-7-18(16)19(23)14-24/h1-7,12,19H,8-11,13-14H2,(H,22,25). The van der Waals surface area contributed by atoms with Crippen molar-refractivity contribution in [1.82, 2.24) is 15.1 Å². The topological polar surface area (TPSA) is 35.6 Å². The summed E-state index contributed by atoms with van der Waals surface area (Å²) in [6.07, 6.45) is 1.10. The van der Waals surface area contributed by atoms with E-state index in [2.05, 4.69) is 34.5 Å². The first-order valence-electron chi connectivity index (χ1n) is 8.80. The normalized spacial score (nSPS) is 19.9. The van der Waals surface area contributed by atoms with E-state index in [1.165, 1.54) is 11.1 Å². The Kier molecular flexibility index (Phi) is 4.64. The molecule has 1 saturated heterocycles. The van der Waals surface area contributed by atoms with Crippen LogP contribution in [0, 0.1) is 0 Å². The van der Waals surface area contributed by atoms with Crippen molar-refractivity contribution in [3.63, 3.8) is 0 Å². The van der Waals surface area contributed by atoms with Gasteiger partial charge < -0.3 is 10.2 Å². The maximum absolute atomic E-state index is 12.6. The molecular formula is C20H22ClN3O. The maximum Gasteiger partial charge on any atom is 0.317 e. The van der Waals surface area contributed by atoms with E-state index >= 15 is 0 Å². The van der Waals surface area contributed by atoms with E-state index in [-0.39, 0.29) is 6.03 Å². The van der Waals surface area contributed by atoms with Gasteiger partial charge in [0.25, 0.3) is 0 Å². The lowest BCUT2D eigenvalue weighted by molar-refractivity contribution is 0.0826. The fraction of sp³-hybridized carbons (Fsp3) is 0.350. The van der Waals surface area contributed by atoms with Crippen LogP contribution in [-0.4, -0.2) is 42.0 Å². The smallest absolute Gasteiger partial charge is 0.317 e. The molecule has 25 heavy (non-hydrogen) atoms. The summed E-state index contributed by atoms with van der Waals surface area (Å²) in [5, 5.41) is 3.72. The lowest BCUT2D eigenvalue weighted by Crippen LogP contribution is -2.54. The first-order chi connectivity index (χ1) is 12.2. The molecule has 1 fully saturated rings. The van der Waals surface area contributed by atoms with E-state index in [9.17, 15) is 4.79 Å². The number of urea groups is 1. The van der Waals surface area contributed by atoms with Crippen LogP contribution >= 0.6 is 11.6 Å². The summed E-state index contributed by atoms with van der Waals surface area (Å²) in [6, 6.07) is 16.5. The summed E-state index contributed by atoms with van der Waals surface area (Å²) in [4.78, 5) is 17.0. The molecule has 0 aromatic heterocycles. The molecule has 0 saturated carbocycles.